The summed E-state index contributed by atoms with van der Waals surface area (Å²) in [6.45, 7) is 3.78. The van der Waals surface area contributed by atoms with Crippen molar-refractivity contribution in [1.82, 2.24) is 14.4 Å². The Labute approximate surface area is 261 Å². The van der Waals surface area contributed by atoms with Crippen molar-refractivity contribution in [2.45, 2.75) is 64.8 Å². The third-order valence-corrected chi connectivity index (χ3v) is 9.63. The Morgan fingerprint density at radius 3 is 2.29 bits per heavy atom. The smallest absolute Gasteiger partial charge is 0.407 e. The van der Waals surface area contributed by atoms with Crippen molar-refractivity contribution in [1.29, 1.82) is 0 Å². The van der Waals surface area contributed by atoms with E-state index in [0.29, 0.717) is 23.4 Å². The highest BCUT2D eigenvalue weighted by atomic mass is 16.4. The molecule has 230 valence electrons. The molecule has 45 heavy (non-hydrogen) atoms. The van der Waals surface area contributed by atoms with Crippen LogP contribution < -0.4 is 4.90 Å². The minimum atomic E-state index is -0.993. The quantitative estimate of drug-likeness (QED) is 0.295. The van der Waals surface area contributed by atoms with Crippen LogP contribution in [0.1, 0.15) is 68.4 Å². The van der Waals surface area contributed by atoms with Gasteiger partial charge < -0.3 is 24.6 Å². The molecule has 0 saturated heterocycles. The van der Waals surface area contributed by atoms with Crippen molar-refractivity contribution >= 4 is 23.6 Å². The van der Waals surface area contributed by atoms with Crippen LogP contribution in [-0.4, -0.2) is 55.6 Å². The fourth-order valence-electron chi connectivity index (χ4n) is 7.14. The van der Waals surface area contributed by atoms with Crippen LogP contribution in [0.25, 0.3) is 11.3 Å². The lowest BCUT2D eigenvalue weighted by molar-refractivity contribution is 0.0658. The molecule has 4 aromatic rings. The normalized spacial score (nSPS) is 17.0. The summed E-state index contributed by atoms with van der Waals surface area (Å²) >= 11 is 0. The van der Waals surface area contributed by atoms with Gasteiger partial charge in [0, 0.05) is 67.5 Å². The zero-order valence-corrected chi connectivity index (χ0v) is 25.5. The molecule has 1 aromatic heterocycles. The first kappa shape index (κ1) is 28.7. The molecule has 0 saturated carbocycles. The SMILES string of the molecule is C[C@@H]1Cc2ccccc2CN1C(=O)c1cc2c(cc1-c1cc(C(=O)N(C)c3ccc(O)cc3)c3n1CCCC3)CN(C(=O)O)C2. The van der Waals surface area contributed by atoms with Crippen molar-refractivity contribution in [2.75, 3.05) is 11.9 Å². The first-order valence-electron chi connectivity index (χ1n) is 15.5. The summed E-state index contributed by atoms with van der Waals surface area (Å²) in [5.74, 6) is -0.126. The van der Waals surface area contributed by atoms with Gasteiger partial charge in [-0.05, 0) is 97.3 Å². The Hall–Kier alpha value is -5.05. The van der Waals surface area contributed by atoms with Crippen LogP contribution in [0, 0.1) is 0 Å². The fraction of sp³-hybridized carbons (Fsp3) is 0.306. The summed E-state index contributed by atoms with van der Waals surface area (Å²) < 4.78 is 2.18. The van der Waals surface area contributed by atoms with Crippen LogP contribution in [-0.2, 0) is 39.0 Å². The minimum absolute atomic E-state index is 0.0126. The highest BCUT2D eigenvalue weighted by Crippen LogP contribution is 2.38. The van der Waals surface area contributed by atoms with Crippen LogP contribution in [0.15, 0.2) is 66.7 Å². The van der Waals surface area contributed by atoms with E-state index in [4.69, 9.17) is 0 Å². The van der Waals surface area contributed by atoms with Gasteiger partial charge in [0.1, 0.15) is 5.75 Å². The topological polar surface area (TPSA) is 106 Å². The van der Waals surface area contributed by atoms with Gasteiger partial charge in [-0.2, -0.15) is 0 Å². The summed E-state index contributed by atoms with van der Waals surface area (Å²) in [6, 6.07) is 20.5. The van der Waals surface area contributed by atoms with Gasteiger partial charge in [-0.1, -0.05) is 24.3 Å². The van der Waals surface area contributed by atoms with Gasteiger partial charge >= 0.3 is 6.09 Å². The number of aromatic hydroxyl groups is 1. The highest BCUT2D eigenvalue weighted by molar-refractivity contribution is 6.08. The lowest BCUT2D eigenvalue weighted by Gasteiger charge is -2.35. The molecule has 9 heteroatoms. The van der Waals surface area contributed by atoms with E-state index in [1.165, 1.54) is 10.5 Å². The van der Waals surface area contributed by atoms with E-state index < -0.39 is 6.09 Å². The van der Waals surface area contributed by atoms with E-state index in [1.54, 1.807) is 36.2 Å². The van der Waals surface area contributed by atoms with Gasteiger partial charge in [0.25, 0.3) is 11.8 Å². The molecule has 2 N–H and O–H groups in total. The predicted molar refractivity (Wildman–Crippen MR) is 170 cm³/mol. The number of hydrogen-bond donors (Lipinski definition) is 2. The molecule has 0 spiro atoms. The second-order valence-corrected chi connectivity index (χ2v) is 12.4. The standard InChI is InChI=1S/C36H36N4O5/c1-22-15-23-7-3-4-8-24(23)21-40(22)35(43)30-17-26-20-38(36(44)45)19-25(26)16-29(30)33-18-31(32-9-5-6-14-39(32)33)34(42)37(2)27-10-12-28(41)13-11-27/h3-4,7-8,10-13,16-18,22,41H,5-6,9,14-15,19-21H2,1-2H3,(H,44,45)/t22-/m1/s1. The Bertz CT molecular complexity index is 1840. The van der Waals surface area contributed by atoms with Crippen LogP contribution in [0.4, 0.5) is 10.5 Å². The molecule has 0 unspecified atom stereocenters. The zero-order chi connectivity index (χ0) is 31.4. The van der Waals surface area contributed by atoms with Crippen molar-refractivity contribution in [3.63, 3.8) is 0 Å². The van der Waals surface area contributed by atoms with Crippen molar-refractivity contribution in [3.8, 4) is 17.0 Å². The molecule has 4 heterocycles. The number of amides is 3. The predicted octanol–water partition coefficient (Wildman–Crippen LogP) is 6.05. The second-order valence-electron chi connectivity index (χ2n) is 12.4. The van der Waals surface area contributed by atoms with Gasteiger partial charge in [-0.25, -0.2) is 4.79 Å². The van der Waals surface area contributed by atoms with Crippen LogP contribution >= 0.6 is 0 Å². The summed E-state index contributed by atoms with van der Waals surface area (Å²) in [5, 5.41) is 19.5. The van der Waals surface area contributed by atoms with Gasteiger partial charge in [0.05, 0.1) is 5.56 Å². The third kappa shape index (κ3) is 5.02. The number of aromatic nitrogens is 1. The Morgan fingerprint density at radius 1 is 0.844 bits per heavy atom. The first-order valence-corrected chi connectivity index (χ1v) is 15.5. The number of phenols is 1. The average molecular weight is 605 g/mol. The van der Waals surface area contributed by atoms with Crippen molar-refractivity contribution in [3.05, 3.63) is 106 Å². The van der Waals surface area contributed by atoms with Crippen molar-refractivity contribution in [2.24, 2.45) is 0 Å². The molecule has 3 amide bonds. The van der Waals surface area contributed by atoms with Gasteiger partial charge in [0.15, 0.2) is 0 Å². The molecular weight excluding hydrogens is 568 g/mol. The molecule has 3 aliphatic rings. The molecule has 0 fully saturated rings. The summed E-state index contributed by atoms with van der Waals surface area (Å²) in [7, 11) is 1.72. The summed E-state index contributed by atoms with van der Waals surface area (Å²) in [5.41, 5.74) is 8.36. The highest BCUT2D eigenvalue weighted by Gasteiger charge is 2.34. The maximum absolute atomic E-state index is 14.5. The van der Waals surface area contributed by atoms with Gasteiger partial charge in [-0.3, -0.25) is 14.5 Å². The van der Waals surface area contributed by atoms with Crippen LogP contribution in [0.3, 0.4) is 0 Å². The lowest BCUT2D eigenvalue weighted by atomic mass is 9.92. The van der Waals surface area contributed by atoms with Crippen LogP contribution in [0.2, 0.25) is 0 Å². The number of carbonyl (C=O) groups is 3. The molecule has 0 aliphatic carbocycles. The molecule has 0 bridgehead atoms. The van der Waals surface area contributed by atoms with Gasteiger partial charge in [0.2, 0.25) is 0 Å². The van der Waals surface area contributed by atoms with Crippen LogP contribution in [0.5, 0.6) is 5.75 Å². The minimum Gasteiger partial charge on any atom is -0.508 e. The number of carbonyl (C=O) groups excluding carboxylic acids is 2. The molecular formula is C36H36N4O5. The van der Waals surface area contributed by atoms with E-state index in [1.807, 2.05) is 35.2 Å². The number of phenolic OH excluding ortho intramolecular Hbond substituents is 1. The number of nitrogens with zero attached hydrogens (tertiary/aromatic N) is 4. The molecule has 1 atom stereocenters. The van der Waals surface area contributed by atoms with Gasteiger partial charge in [-0.15, -0.1) is 0 Å². The number of carboxylic acid groups (broad SMARTS) is 1. The van der Waals surface area contributed by atoms with E-state index in [-0.39, 0.29) is 36.7 Å². The maximum Gasteiger partial charge on any atom is 0.407 e. The van der Waals surface area contributed by atoms with E-state index in [0.717, 1.165) is 65.9 Å². The molecule has 9 nitrogen and oxygen atoms in total. The number of benzene rings is 3. The van der Waals surface area contributed by atoms with E-state index in [9.17, 15) is 24.6 Å². The average Bonchev–Trinajstić information content (AvgIpc) is 3.65. The largest absolute Gasteiger partial charge is 0.508 e. The molecule has 3 aliphatic heterocycles. The molecule has 3 aromatic carbocycles. The monoisotopic (exact) mass is 604 g/mol. The molecule has 0 radical (unpaired) electrons. The van der Waals surface area contributed by atoms with E-state index >= 15 is 0 Å². The third-order valence-electron chi connectivity index (χ3n) is 9.63. The maximum atomic E-state index is 14.5. The van der Waals surface area contributed by atoms with E-state index in [2.05, 4.69) is 23.6 Å². The Morgan fingerprint density at radius 2 is 1.56 bits per heavy atom. The molecule has 7 rings (SSSR count). The number of fused-ring (bicyclic) bond motifs is 3. The summed E-state index contributed by atoms with van der Waals surface area (Å²) in [4.78, 5) is 45.3. The number of hydrogen-bond acceptors (Lipinski definition) is 4. The second kappa shape index (κ2) is 11.1. The fourth-order valence-corrected chi connectivity index (χ4v) is 7.14. The zero-order valence-electron chi connectivity index (χ0n) is 25.5. The number of anilines is 1. The summed E-state index contributed by atoms with van der Waals surface area (Å²) in [6.07, 6.45) is 2.42. The Kier molecular flexibility index (Phi) is 7.11. The Balaban J connectivity index is 1.34. The van der Waals surface area contributed by atoms with Crippen molar-refractivity contribution < 1.29 is 24.6 Å². The first-order chi connectivity index (χ1) is 21.7. The lowest BCUT2D eigenvalue weighted by Crippen LogP contribution is -2.42. The number of rotatable bonds is 4.